The lowest BCUT2D eigenvalue weighted by atomic mass is 9.74. The number of rotatable bonds is 2. The van der Waals surface area contributed by atoms with Crippen molar-refractivity contribution in [3.05, 3.63) is 0 Å². The summed E-state index contributed by atoms with van der Waals surface area (Å²) in [5.41, 5.74) is -1.29. The maximum atomic E-state index is 11.8. The van der Waals surface area contributed by atoms with Gasteiger partial charge in [-0.3, -0.25) is 4.79 Å². The van der Waals surface area contributed by atoms with Crippen molar-refractivity contribution in [1.29, 1.82) is 0 Å². The first-order valence-electron chi connectivity index (χ1n) is 6.38. The van der Waals surface area contributed by atoms with E-state index < -0.39 is 29.1 Å². The minimum Gasteiger partial charge on any atom is -0.481 e. The van der Waals surface area contributed by atoms with Gasteiger partial charge in [-0.05, 0) is 40.5 Å². The Morgan fingerprint density at radius 1 is 1.33 bits per heavy atom. The lowest BCUT2D eigenvalue weighted by Crippen LogP contribution is -2.56. The number of carboxylic acid groups (broad SMARTS) is 1. The van der Waals surface area contributed by atoms with Gasteiger partial charge in [0.05, 0.1) is 11.5 Å². The molecule has 1 rings (SSSR count). The van der Waals surface area contributed by atoms with Gasteiger partial charge < -0.3 is 15.2 Å². The van der Waals surface area contributed by atoms with E-state index in [1.807, 2.05) is 0 Å². The van der Waals surface area contributed by atoms with Crippen molar-refractivity contribution < 1.29 is 19.4 Å². The Morgan fingerprint density at radius 3 is 2.44 bits per heavy atom. The molecular formula is C13H23NO4. The average molecular weight is 257 g/mol. The van der Waals surface area contributed by atoms with Crippen LogP contribution < -0.4 is 5.32 Å². The maximum absolute atomic E-state index is 11.8. The summed E-state index contributed by atoms with van der Waals surface area (Å²) >= 11 is 0. The van der Waals surface area contributed by atoms with Crippen LogP contribution in [-0.4, -0.2) is 28.3 Å². The van der Waals surface area contributed by atoms with Gasteiger partial charge in [0.2, 0.25) is 0 Å². The van der Waals surface area contributed by atoms with Gasteiger partial charge in [-0.15, -0.1) is 0 Å². The second kappa shape index (κ2) is 5.16. The SMILES string of the molecule is CC(C)(C)OC(=O)N[C@]1(C)CCCC[C@H]1C(=O)O. The molecule has 1 aliphatic carbocycles. The number of hydrogen-bond donors (Lipinski definition) is 2. The van der Waals surface area contributed by atoms with Crippen molar-refractivity contribution in [2.45, 2.75) is 64.5 Å². The number of nitrogens with one attached hydrogen (secondary N) is 1. The highest BCUT2D eigenvalue weighted by Crippen LogP contribution is 2.34. The normalized spacial score (nSPS) is 28.6. The largest absolute Gasteiger partial charge is 0.481 e. The molecule has 1 fully saturated rings. The number of ether oxygens (including phenoxy) is 1. The number of amides is 1. The summed E-state index contributed by atoms with van der Waals surface area (Å²) in [5.74, 6) is -1.40. The molecule has 2 N–H and O–H groups in total. The van der Waals surface area contributed by atoms with Crippen molar-refractivity contribution in [3.63, 3.8) is 0 Å². The smallest absolute Gasteiger partial charge is 0.408 e. The van der Waals surface area contributed by atoms with Crippen LogP contribution >= 0.6 is 0 Å². The molecule has 0 aliphatic heterocycles. The van der Waals surface area contributed by atoms with Gasteiger partial charge >= 0.3 is 12.1 Å². The summed E-state index contributed by atoms with van der Waals surface area (Å²) in [6.45, 7) is 7.13. The zero-order valence-electron chi connectivity index (χ0n) is 11.6. The topological polar surface area (TPSA) is 75.6 Å². The van der Waals surface area contributed by atoms with Crippen LogP contribution in [0.3, 0.4) is 0 Å². The second-order valence-electron chi connectivity index (χ2n) is 6.18. The Hall–Kier alpha value is -1.26. The molecule has 2 atom stereocenters. The third kappa shape index (κ3) is 3.89. The van der Waals surface area contributed by atoms with E-state index >= 15 is 0 Å². The van der Waals surface area contributed by atoms with Crippen molar-refractivity contribution in [2.75, 3.05) is 0 Å². The molecule has 1 saturated carbocycles. The van der Waals surface area contributed by atoms with E-state index in [1.165, 1.54) is 0 Å². The number of hydrogen-bond acceptors (Lipinski definition) is 3. The standard InChI is InChI=1S/C13H23NO4/c1-12(2,3)18-11(17)14-13(4)8-6-5-7-9(13)10(15)16/h9H,5-8H2,1-4H3,(H,14,17)(H,15,16)/t9-,13+/m0/s1. The van der Waals surface area contributed by atoms with E-state index in [0.29, 0.717) is 12.8 Å². The number of aliphatic carboxylic acids is 1. The van der Waals surface area contributed by atoms with Crippen LogP contribution in [0.5, 0.6) is 0 Å². The lowest BCUT2D eigenvalue weighted by molar-refractivity contribution is -0.145. The third-order valence-electron chi connectivity index (χ3n) is 3.29. The first-order valence-corrected chi connectivity index (χ1v) is 6.38. The highest BCUT2D eigenvalue weighted by Gasteiger charge is 2.42. The van der Waals surface area contributed by atoms with Gasteiger partial charge in [-0.25, -0.2) is 4.79 Å². The van der Waals surface area contributed by atoms with Gasteiger partial charge in [0, 0.05) is 0 Å². The molecule has 0 radical (unpaired) electrons. The quantitative estimate of drug-likeness (QED) is 0.797. The fourth-order valence-electron chi connectivity index (χ4n) is 2.42. The van der Waals surface area contributed by atoms with Crippen molar-refractivity contribution in [2.24, 2.45) is 5.92 Å². The van der Waals surface area contributed by atoms with Crippen molar-refractivity contribution in [3.8, 4) is 0 Å². The van der Waals surface area contributed by atoms with Gasteiger partial charge in [0.1, 0.15) is 5.60 Å². The second-order valence-corrected chi connectivity index (χ2v) is 6.18. The van der Waals surface area contributed by atoms with Crippen LogP contribution in [0.4, 0.5) is 4.79 Å². The zero-order chi connectivity index (χ0) is 14.0. The van der Waals surface area contributed by atoms with E-state index in [-0.39, 0.29) is 0 Å². The molecule has 0 aromatic heterocycles. The Morgan fingerprint density at radius 2 is 1.94 bits per heavy atom. The third-order valence-corrected chi connectivity index (χ3v) is 3.29. The van der Waals surface area contributed by atoms with Gasteiger partial charge in [0.15, 0.2) is 0 Å². The summed E-state index contributed by atoms with van der Waals surface area (Å²) in [6.07, 6.45) is 2.54. The predicted octanol–water partition coefficient (Wildman–Crippen LogP) is 2.54. The van der Waals surface area contributed by atoms with Gasteiger partial charge in [0.25, 0.3) is 0 Å². The first kappa shape index (κ1) is 14.8. The molecule has 104 valence electrons. The summed E-state index contributed by atoms with van der Waals surface area (Å²) in [7, 11) is 0. The molecule has 1 amide bonds. The minimum absolute atomic E-state index is 0.543. The molecule has 0 heterocycles. The number of carboxylic acids is 1. The van der Waals surface area contributed by atoms with Crippen molar-refractivity contribution >= 4 is 12.1 Å². The number of carbonyl (C=O) groups is 2. The molecule has 0 aromatic carbocycles. The molecule has 5 nitrogen and oxygen atoms in total. The molecule has 1 aliphatic rings. The lowest BCUT2D eigenvalue weighted by Gasteiger charge is -2.39. The molecule has 5 heteroatoms. The number of alkyl carbamates (subject to hydrolysis) is 1. The predicted molar refractivity (Wildman–Crippen MR) is 67.4 cm³/mol. The van der Waals surface area contributed by atoms with Crippen LogP contribution in [0.25, 0.3) is 0 Å². The van der Waals surface area contributed by atoms with Crippen LogP contribution in [0.2, 0.25) is 0 Å². The Labute approximate surface area is 108 Å². The summed E-state index contributed by atoms with van der Waals surface area (Å²) in [4.78, 5) is 23.0. The maximum Gasteiger partial charge on any atom is 0.408 e. The fraction of sp³-hybridized carbons (Fsp3) is 0.846. The van der Waals surface area contributed by atoms with Gasteiger partial charge in [-0.1, -0.05) is 12.8 Å². The van der Waals surface area contributed by atoms with Crippen LogP contribution in [-0.2, 0) is 9.53 Å². The zero-order valence-corrected chi connectivity index (χ0v) is 11.6. The summed E-state index contributed by atoms with van der Waals surface area (Å²) in [5, 5.41) is 12.0. The highest BCUT2D eigenvalue weighted by atomic mass is 16.6. The molecule has 0 unspecified atom stereocenters. The Bertz CT molecular complexity index is 334. The first-order chi connectivity index (χ1) is 8.14. The molecule has 0 aromatic rings. The minimum atomic E-state index is -0.853. The summed E-state index contributed by atoms with van der Waals surface area (Å²) < 4.78 is 5.19. The molecule has 0 spiro atoms. The van der Waals surface area contributed by atoms with Gasteiger partial charge in [-0.2, -0.15) is 0 Å². The molecular weight excluding hydrogens is 234 g/mol. The average Bonchev–Trinajstić information content (AvgIpc) is 2.13. The van der Waals surface area contributed by atoms with Crippen molar-refractivity contribution in [1.82, 2.24) is 5.32 Å². The molecule has 18 heavy (non-hydrogen) atoms. The van der Waals surface area contributed by atoms with Crippen LogP contribution in [0.15, 0.2) is 0 Å². The summed E-state index contributed by atoms with van der Waals surface area (Å²) in [6, 6.07) is 0. The molecule has 0 saturated heterocycles. The van der Waals surface area contributed by atoms with E-state index in [0.717, 1.165) is 12.8 Å². The monoisotopic (exact) mass is 257 g/mol. The Kier molecular flexibility index (Phi) is 4.24. The van der Waals surface area contributed by atoms with E-state index in [4.69, 9.17) is 4.74 Å². The van der Waals surface area contributed by atoms with E-state index in [1.54, 1.807) is 27.7 Å². The van der Waals surface area contributed by atoms with Crippen LogP contribution in [0, 0.1) is 5.92 Å². The number of carbonyl (C=O) groups excluding carboxylic acids is 1. The van der Waals surface area contributed by atoms with E-state index in [9.17, 15) is 14.7 Å². The fourth-order valence-corrected chi connectivity index (χ4v) is 2.42. The highest BCUT2D eigenvalue weighted by molar-refractivity contribution is 5.75. The Balaban J connectivity index is 2.72. The molecule has 0 bridgehead atoms. The van der Waals surface area contributed by atoms with E-state index in [2.05, 4.69) is 5.32 Å². The van der Waals surface area contributed by atoms with Crippen LogP contribution in [0.1, 0.15) is 53.4 Å².